The number of aromatic nitrogens is 2. The van der Waals surface area contributed by atoms with E-state index < -0.39 is 0 Å². The average molecular weight is 302 g/mol. The van der Waals surface area contributed by atoms with Crippen LogP contribution in [0.5, 0.6) is 0 Å². The van der Waals surface area contributed by atoms with Crippen LogP contribution in [0.4, 0.5) is 5.82 Å². The minimum absolute atomic E-state index is 0.0841. The molecule has 2 aromatic heterocycles. The number of hydrogen-bond donors (Lipinski definition) is 2. The van der Waals surface area contributed by atoms with E-state index in [2.05, 4.69) is 15.3 Å². The van der Waals surface area contributed by atoms with Gasteiger partial charge in [0.2, 0.25) is 0 Å². The zero-order valence-electron chi connectivity index (χ0n) is 12.3. The van der Waals surface area contributed by atoms with Crippen molar-refractivity contribution in [3.05, 3.63) is 30.1 Å². The van der Waals surface area contributed by atoms with Gasteiger partial charge in [-0.05, 0) is 25.1 Å². The molecule has 0 unspecified atom stereocenters. The average Bonchev–Trinajstić information content (AvgIpc) is 2.88. The molecule has 0 aliphatic carbocycles. The molecule has 21 heavy (non-hydrogen) atoms. The first-order valence-electron chi connectivity index (χ1n) is 6.91. The van der Waals surface area contributed by atoms with Gasteiger partial charge in [-0.15, -0.1) is 11.3 Å². The number of carbonyl (C=O) groups is 1. The van der Waals surface area contributed by atoms with Crippen LogP contribution in [0.1, 0.15) is 31.1 Å². The fourth-order valence-electron chi connectivity index (χ4n) is 2.04. The lowest BCUT2D eigenvalue weighted by Crippen LogP contribution is -2.22. The smallest absolute Gasteiger partial charge is 0.251 e. The van der Waals surface area contributed by atoms with E-state index in [9.17, 15) is 4.79 Å². The second-order valence-corrected chi connectivity index (χ2v) is 5.14. The summed E-state index contributed by atoms with van der Waals surface area (Å²) in [5, 5.41) is 4.54. The van der Waals surface area contributed by atoms with E-state index in [0.29, 0.717) is 17.9 Å². The number of anilines is 1. The number of nitrogens with zero attached hydrogens (tertiary/aromatic N) is 2. The summed E-state index contributed by atoms with van der Waals surface area (Å²) in [4.78, 5) is 20.9. The Morgan fingerprint density at radius 3 is 2.81 bits per heavy atom. The number of nitrogens with two attached hydrogens (primary N) is 1. The second kappa shape index (κ2) is 6.49. The van der Waals surface area contributed by atoms with Crippen molar-refractivity contribution < 1.29 is 4.79 Å². The van der Waals surface area contributed by atoms with Crippen molar-refractivity contribution >= 4 is 43.4 Å². The number of nitrogens with one attached hydrogen (secondary N) is 1. The highest BCUT2D eigenvalue weighted by atomic mass is 32.1. The maximum absolute atomic E-state index is 11.9. The van der Waals surface area contributed by atoms with E-state index >= 15 is 0 Å². The molecule has 1 amide bonds. The van der Waals surface area contributed by atoms with Crippen LogP contribution in [-0.2, 0) is 0 Å². The Labute approximate surface area is 127 Å². The first kappa shape index (κ1) is 15.2. The Morgan fingerprint density at radius 2 is 2.10 bits per heavy atom. The van der Waals surface area contributed by atoms with E-state index in [1.165, 1.54) is 6.33 Å². The van der Waals surface area contributed by atoms with Crippen LogP contribution in [0, 0.1) is 0 Å². The highest BCUT2D eigenvalue weighted by molar-refractivity contribution is 7.25. The normalized spacial score (nSPS) is 10.2. The molecule has 0 bridgehead atoms. The van der Waals surface area contributed by atoms with Crippen molar-refractivity contribution in [3.63, 3.8) is 0 Å². The molecule has 0 atom stereocenters. The lowest BCUT2D eigenvalue weighted by Gasteiger charge is -2.02. The number of carbonyl (C=O) groups excluding carboxylic acids is 1. The minimum Gasteiger partial charge on any atom is -0.383 e. The first-order valence-corrected chi connectivity index (χ1v) is 7.73. The van der Waals surface area contributed by atoms with Crippen LogP contribution in [0.2, 0.25) is 0 Å². The molecular weight excluding hydrogens is 284 g/mol. The predicted molar refractivity (Wildman–Crippen MR) is 88.7 cm³/mol. The van der Waals surface area contributed by atoms with Gasteiger partial charge in [0.15, 0.2) is 0 Å². The maximum atomic E-state index is 11.9. The van der Waals surface area contributed by atoms with E-state index in [4.69, 9.17) is 5.73 Å². The summed E-state index contributed by atoms with van der Waals surface area (Å²) in [6.07, 6.45) is 1.46. The third-order valence-electron chi connectivity index (χ3n) is 2.90. The molecule has 6 heteroatoms. The molecule has 0 saturated carbocycles. The standard InChI is InChI=1S/C13H12N4OS.C2H6/c1-2-15-12(18)7-3-4-9-8(5-7)10-11(14)16-6-17-13(10)19-9;1-2/h3-6H,2H2,1H3,(H,15,18)(H2,14,16,17);1-2H3. The Kier molecular flexibility index (Phi) is 4.70. The SMILES string of the molecule is CC.CCNC(=O)c1ccc2sc3ncnc(N)c3c2c1. The number of fused-ring (bicyclic) bond motifs is 3. The highest BCUT2D eigenvalue weighted by Gasteiger charge is 2.12. The Bertz CT molecular complexity index is 782. The molecule has 3 aromatic rings. The summed E-state index contributed by atoms with van der Waals surface area (Å²) in [5.74, 6) is 0.364. The van der Waals surface area contributed by atoms with Crippen molar-refractivity contribution in [2.24, 2.45) is 0 Å². The first-order chi connectivity index (χ1) is 10.2. The van der Waals surface area contributed by atoms with Gasteiger partial charge in [0.1, 0.15) is 17.0 Å². The Morgan fingerprint density at radius 1 is 1.33 bits per heavy atom. The van der Waals surface area contributed by atoms with Crippen molar-refractivity contribution in [2.75, 3.05) is 12.3 Å². The molecule has 3 N–H and O–H groups in total. The van der Waals surface area contributed by atoms with Gasteiger partial charge in [-0.3, -0.25) is 4.79 Å². The van der Waals surface area contributed by atoms with Crippen molar-refractivity contribution in [1.29, 1.82) is 0 Å². The summed E-state index contributed by atoms with van der Waals surface area (Å²) < 4.78 is 1.05. The van der Waals surface area contributed by atoms with Crippen LogP contribution < -0.4 is 11.1 Å². The number of thiophene rings is 1. The molecule has 0 fully saturated rings. The van der Waals surface area contributed by atoms with Crippen LogP contribution in [0.15, 0.2) is 24.5 Å². The van der Waals surface area contributed by atoms with Gasteiger partial charge in [-0.2, -0.15) is 0 Å². The molecule has 0 saturated heterocycles. The topological polar surface area (TPSA) is 80.9 Å². The Hall–Kier alpha value is -2.21. The molecule has 110 valence electrons. The molecule has 1 aromatic carbocycles. The van der Waals surface area contributed by atoms with Crippen LogP contribution in [0.3, 0.4) is 0 Å². The van der Waals surface area contributed by atoms with E-state index in [1.54, 1.807) is 11.3 Å². The van der Waals surface area contributed by atoms with Crippen LogP contribution >= 0.6 is 11.3 Å². The summed E-state index contributed by atoms with van der Waals surface area (Å²) in [6, 6.07) is 5.58. The van der Waals surface area contributed by atoms with Crippen LogP contribution in [0.25, 0.3) is 20.3 Å². The highest BCUT2D eigenvalue weighted by Crippen LogP contribution is 2.35. The molecule has 2 heterocycles. The monoisotopic (exact) mass is 302 g/mol. The van der Waals surface area contributed by atoms with Crippen LogP contribution in [-0.4, -0.2) is 22.4 Å². The van der Waals surface area contributed by atoms with Gasteiger partial charge in [0.25, 0.3) is 5.91 Å². The molecule has 0 aliphatic heterocycles. The number of nitrogen functional groups attached to an aromatic ring is 1. The van der Waals surface area contributed by atoms with E-state index in [0.717, 1.165) is 20.3 Å². The van der Waals surface area contributed by atoms with Crippen molar-refractivity contribution in [2.45, 2.75) is 20.8 Å². The molecule has 0 spiro atoms. The summed E-state index contributed by atoms with van der Waals surface area (Å²) in [7, 11) is 0. The third kappa shape index (κ3) is 2.80. The molecule has 0 radical (unpaired) electrons. The van der Waals surface area contributed by atoms with Gasteiger partial charge in [-0.25, -0.2) is 9.97 Å². The summed E-state index contributed by atoms with van der Waals surface area (Å²) in [5.41, 5.74) is 6.53. The van der Waals surface area contributed by atoms with E-state index in [1.807, 2.05) is 39.0 Å². The number of hydrogen-bond acceptors (Lipinski definition) is 5. The third-order valence-corrected chi connectivity index (χ3v) is 3.98. The molecule has 3 rings (SSSR count). The summed E-state index contributed by atoms with van der Waals surface area (Å²) in [6.45, 7) is 6.49. The van der Waals surface area contributed by atoms with Crippen molar-refractivity contribution in [3.8, 4) is 0 Å². The molecule has 0 aliphatic rings. The van der Waals surface area contributed by atoms with Gasteiger partial charge >= 0.3 is 0 Å². The summed E-state index contributed by atoms with van der Waals surface area (Å²) >= 11 is 1.55. The maximum Gasteiger partial charge on any atom is 0.251 e. The zero-order chi connectivity index (χ0) is 15.4. The van der Waals surface area contributed by atoms with E-state index in [-0.39, 0.29) is 5.91 Å². The lowest BCUT2D eigenvalue weighted by atomic mass is 10.1. The van der Waals surface area contributed by atoms with Gasteiger partial charge < -0.3 is 11.1 Å². The number of rotatable bonds is 2. The molecule has 5 nitrogen and oxygen atoms in total. The zero-order valence-corrected chi connectivity index (χ0v) is 13.1. The van der Waals surface area contributed by atoms with Gasteiger partial charge in [0.05, 0.1) is 5.39 Å². The number of benzene rings is 1. The Balaban J connectivity index is 0.000000774. The predicted octanol–water partition coefficient (Wildman–Crippen LogP) is 3.20. The largest absolute Gasteiger partial charge is 0.383 e. The quantitative estimate of drug-likeness (QED) is 0.761. The lowest BCUT2D eigenvalue weighted by molar-refractivity contribution is 0.0956. The fourth-order valence-corrected chi connectivity index (χ4v) is 3.07. The molecular formula is C15H18N4OS. The minimum atomic E-state index is -0.0841. The van der Waals surface area contributed by atoms with Crippen molar-refractivity contribution in [1.82, 2.24) is 15.3 Å². The van der Waals surface area contributed by atoms with Gasteiger partial charge in [0, 0.05) is 22.2 Å². The number of amides is 1. The fraction of sp³-hybridized carbons (Fsp3) is 0.267. The van der Waals surface area contributed by atoms with Gasteiger partial charge in [-0.1, -0.05) is 13.8 Å². The second-order valence-electron chi connectivity index (χ2n) is 4.11.